The van der Waals surface area contributed by atoms with Gasteiger partial charge in [-0.15, -0.1) is 10.2 Å². The van der Waals surface area contributed by atoms with Gasteiger partial charge in [0.2, 0.25) is 5.89 Å². The molecule has 0 atom stereocenters. The van der Waals surface area contributed by atoms with Crippen molar-refractivity contribution in [3.8, 4) is 17.2 Å². The van der Waals surface area contributed by atoms with Crippen molar-refractivity contribution >= 4 is 17.5 Å². The average molecular weight is 437 g/mol. The van der Waals surface area contributed by atoms with Crippen LogP contribution in [0.3, 0.4) is 0 Å². The van der Waals surface area contributed by atoms with Gasteiger partial charge in [-0.25, -0.2) is 0 Å². The molecule has 1 aromatic carbocycles. The molecule has 0 aliphatic rings. The lowest BCUT2D eigenvalue weighted by molar-refractivity contribution is -0.0498. The maximum Gasteiger partial charge on any atom is 0.387 e. The third-order valence-corrected chi connectivity index (χ3v) is 5.27. The number of carbonyl (C=O) groups is 1. The fourth-order valence-corrected chi connectivity index (χ4v) is 3.63. The molecule has 2 heterocycles. The van der Waals surface area contributed by atoms with E-state index in [0.717, 1.165) is 23.1 Å². The van der Waals surface area contributed by atoms with E-state index in [2.05, 4.69) is 14.9 Å². The number of nitrogens with zero attached hydrogens (tertiary/aromatic N) is 3. The van der Waals surface area contributed by atoms with Crippen molar-refractivity contribution in [1.82, 2.24) is 14.8 Å². The Bertz CT molecular complexity index is 1000. The molecule has 0 aliphatic carbocycles. The molecule has 0 fully saturated rings. The largest absolute Gasteiger partial charge is 0.435 e. The summed E-state index contributed by atoms with van der Waals surface area (Å²) in [5.41, 5.74) is 3.11. The summed E-state index contributed by atoms with van der Waals surface area (Å²) in [5, 5.41) is 8.13. The minimum Gasteiger partial charge on any atom is -0.435 e. The van der Waals surface area contributed by atoms with Crippen molar-refractivity contribution in [2.75, 3.05) is 19.5 Å². The zero-order chi connectivity index (χ0) is 21.7. The lowest BCUT2D eigenvalue weighted by atomic mass is 10.2. The van der Waals surface area contributed by atoms with Gasteiger partial charge in [-0.1, -0.05) is 11.8 Å². The summed E-state index contributed by atoms with van der Waals surface area (Å²) in [5.74, 6) is 0.380. The van der Waals surface area contributed by atoms with Crippen LogP contribution in [0.15, 0.2) is 40.0 Å². The first-order valence-corrected chi connectivity index (χ1v) is 10.1. The molecule has 0 saturated carbocycles. The summed E-state index contributed by atoms with van der Waals surface area (Å²) in [6.45, 7) is 2.23. The maximum atomic E-state index is 12.7. The number of rotatable bonds is 10. The van der Waals surface area contributed by atoms with Crippen molar-refractivity contribution in [3.05, 3.63) is 47.3 Å². The zero-order valence-corrected chi connectivity index (χ0v) is 17.5. The number of methoxy groups -OCH3 is 1. The number of ketones is 1. The molecule has 30 heavy (non-hydrogen) atoms. The second-order valence-electron chi connectivity index (χ2n) is 6.42. The lowest BCUT2D eigenvalue weighted by Gasteiger charge is -2.08. The highest BCUT2D eigenvalue weighted by molar-refractivity contribution is 7.99. The number of halogens is 2. The quantitative estimate of drug-likeness (QED) is 0.344. The monoisotopic (exact) mass is 437 g/mol. The van der Waals surface area contributed by atoms with Crippen molar-refractivity contribution in [1.29, 1.82) is 0 Å². The van der Waals surface area contributed by atoms with Gasteiger partial charge >= 0.3 is 6.61 Å². The van der Waals surface area contributed by atoms with Crippen LogP contribution in [-0.4, -0.2) is 46.6 Å². The van der Waals surface area contributed by atoms with Crippen LogP contribution in [0.2, 0.25) is 0 Å². The summed E-state index contributed by atoms with van der Waals surface area (Å²) in [6.07, 6.45) is 0. The number of hydrogen-bond acceptors (Lipinski definition) is 7. The van der Waals surface area contributed by atoms with Gasteiger partial charge in [0, 0.05) is 36.2 Å². The van der Waals surface area contributed by atoms with E-state index >= 15 is 0 Å². The summed E-state index contributed by atoms with van der Waals surface area (Å²) in [7, 11) is 1.64. The standard InChI is InChI=1S/C20H21F2N3O4S/c1-12-10-16(13(2)25(12)8-9-27-3)17(26)11-30-20-24-23-18(29-20)14-4-6-15(7-5-14)28-19(21)22/h4-7,10,19H,8-9,11H2,1-3H3. The van der Waals surface area contributed by atoms with Crippen LogP contribution in [0.4, 0.5) is 8.78 Å². The second kappa shape index (κ2) is 9.86. The van der Waals surface area contributed by atoms with Gasteiger partial charge in [-0.05, 0) is 44.2 Å². The number of thioether (sulfide) groups is 1. The van der Waals surface area contributed by atoms with E-state index in [1.807, 2.05) is 24.5 Å². The van der Waals surface area contributed by atoms with E-state index in [1.54, 1.807) is 19.2 Å². The molecule has 0 N–H and O–H groups in total. The van der Waals surface area contributed by atoms with Gasteiger partial charge in [0.25, 0.3) is 5.22 Å². The Morgan fingerprint density at radius 3 is 2.63 bits per heavy atom. The number of aromatic nitrogens is 3. The number of ether oxygens (including phenoxy) is 2. The minimum absolute atomic E-state index is 0.0370. The van der Waals surface area contributed by atoms with Crippen molar-refractivity contribution in [2.45, 2.75) is 32.2 Å². The Labute approximate surface area is 176 Å². The van der Waals surface area contributed by atoms with Crippen LogP contribution in [0, 0.1) is 13.8 Å². The fraction of sp³-hybridized carbons (Fsp3) is 0.350. The normalized spacial score (nSPS) is 11.3. The number of aryl methyl sites for hydroxylation is 1. The third kappa shape index (κ3) is 5.25. The third-order valence-electron chi connectivity index (χ3n) is 4.45. The van der Waals surface area contributed by atoms with Crippen LogP contribution in [-0.2, 0) is 11.3 Å². The summed E-state index contributed by atoms with van der Waals surface area (Å²) < 4.78 is 41.5. The number of benzene rings is 1. The van der Waals surface area contributed by atoms with Crippen molar-refractivity contribution < 1.29 is 27.5 Å². The highest BCUT2D eigenvalue weighted by Gasteiger charge is 2.18. The smallest absolute Gasteiger partial charge is 0.387 e. The number of hydrogen-bond donors (Lipinski definition) is 0. The minimum atomic E-state index is -2.89. The van der Waals surface area contributed by atoms with Crippen LogP contribution < -0.4 is 4.74 Å². The molecule has 3 aromatic rings. The van der Waals surface area contributed by atoms with Gasteiger partial charge in [-0.3, -0.25) is 4.79 Å². The molecule has 0 aliphatic heterocycles. The van der Waals surface area contributed by atoms with Crippen LogP contribution in [0.25, 0.3) is 11.5 Å². The number of Topliss-reactive ketones (excluding diaryl/α,β-unsaturated/α-hetero) is 1. The van der Waals surface area contributed by atoms with E-state index < -0.39 is 6.61 Å². The molecular formula is C20H21F2N3O4S. The molecule has 7 nitrogen and oxygen atoms in total. The summed E-state index contributed by atoms with van der Waals surface area (Å²) >= 11 is 1.14. The van der Waals surface area contributed by atoms with Gasteiger partial charge in [0.15, 0.2) is 5.78 Å². The van der Waals surface area contributed by atoms with E-state index in [-0.39, 0.29) is 28.4 Å². The molecule has 0 radical (unpaired) electrons. The topological polar surface area (TPSA) is 79.4 Å². The van der Waals surface area contributed by atoms with Gasteiger partial charge in [0.1, 0.15) is 5.75 Å². The zero-order valence-electron chi connectivity index (χ0n) is 16.7. The molecule has 0 bridgehead atoms. The first kappa shape index (κ1) is 22.0. The SMILES string of the molecule is COCCn1c(C)cc(C(=O)CSc2nnc(-c3ccc(OC(F)F)cc3)o2)c1C. The van der Waals surface area contributed by atoms with Gasteiger partial charge in [-0.2, -0.15) is 8.78 Å². The molecule has 10 heteroatoms. The second-order valence-corrected chi connectivity index (χ2v) is 7.34. The first-order valence-electron chi connectivity index (χ1n) is 9.09. The van der Waals surface area contributed by atoms with Crippen LogP contribution in [0.1, 0.15) is 21.7 Å². The molecule has 0 saturated heterocycles. The van der Waals surface area contributed by atoms with Crippen LogP contribution >= 0.6 is 11.8 Å². The first-order chi connectivity index (χ1) is 14.4. The Hall–Kier alpha value is -2.72. The molecule has 0 spiro atoms. The fourth-order valence-electron chi connectivity index (χ4n) is 2.98. The van der Waals surface area contributed by atoms with Crippen LogP contribution in [0.5, 0.6) is 5.75 Å². The van der Waals surface area contributed by atoms with E-state index in [0.29, 0.717) is 24.3 Å². The van der Waals surface area contributed by atoms with E-state index in [1.165, 1.54) is 12.1 Å². The molecule has 160 valence electrons. The van der Waals surface area contributed by atoms with E-state index in [9.17, 15) is 13.6 Å². The predicted molar refractivity (Wildman–Crippen MR) is 107 cm³/mol. The Balaban J connectivity index is 1.62. The molecule has 2 aromatic heterocycles. The number of carbonyl (C=O) groups excluding carboxylic acids is 1. The molecular weight excluding hydrogens is 416 g/mol. The number of alkyl halides is 2. The molecule has 0 unspecified atom stereocenters. The maximum absolute atomic E-state index is 12.7. The Morgan fingerprint density at radius 1 is 1.23 bits per heavy atom. The van der Waals surface area contributed by atoms with Gasteiger partial charge < -0.3 is 18.5 Å². The summed E-state index contributed by atoms with van der Waals surface area (Å²) in [6, 6.07) is 7.73. The highest BCUT2D eigenvalue weighted by atomic mass is 32.2. The van der Waals surface area contributed by atoms with Gasteiger partial charge in [0.05, 0.1) is 12.4 Å². The lowest BCUT2D eigenvalue weighted by Crippen LogP contribution is -2.09. The summed E-state index contributed by atoms with van der Waals surface area (Å²) in [4.78, 5) is 12.7. The van der Waals surface area contributed by atoms with E-state index in [4.69, 9.17) is 9.15 Å². The van der Waals surface area contributed by atoms with Crippen molar-refractivity contribution in [3.63, 3.8) is 0 Å². The molecule has 0 amide bonds. The Morgan fingerprint density at radius 2 is 1.97 bits per heavy atom. The highest BCUT2D eigenvalue weighted by Crippen LogP contribution is 2.26. The predicted octanol–water partition coefficient (Wildman–Crippen LogP) is 4.38. The molecule has 3 rings (SSSR count). The Kier molecular flexibility index (Phi) is 7.22. The average Bonchev–Trinajstić information content (AvgIpc) is 3.29. The van der Waals surface area contributed by atoms with Crippen molar-refractivity contribution in [2.24, 2.45) is 0 Å².